The van der Waals surface area contributed by atoms with Crippen LogP contribution in [0.5, 0.6) is 0 Å². The molecule has 0 aromatic heterocycles. The van der Waals surface area contributed by atoms with Gasteiger partial charge in [0.15, 0.2) is 0 Å². The maximum absolute atomic E-state index is 13.3. The number of epoxide rings is 1. The third-order valence-corrected chi connectivity index (χ3v) is 11.8. The number of carbonyl (C=O) groups excluding carboxylic acids is 1. The standard InChI is InChI=1S/C28H46O4/c1-15(24-25(32-24)16(2)26(3,4)31)19-7-8-20-18-14-23(30)22-13-17(29)9-11-28(22,6)21(18)10-12-27(19,20)5/h15-22,24-25,29,31H,7-14H2,1-6H3/t15-,16-,17-,18-,19+,20-,21-,22+,24+,25+,27+,28+/m0/s1. The molecule has 5 rings (SSSR count). The minimum Gasteiger partial charge on any atom is -0.393 e. The third kappa shape index (κ3) is 3.37. The maximum atomic E-state index is 13.3. The highest BCUT2D eigenvalue weighted by Crippen LogP contribution is 2.68. The predicted octanol–water partition coefficient (Wildman–Crippen LogP) is 5.00. The third-order valence-electron chi connectivity index (χ3n) is 11.8. The number of aliphatic hydroxyl groups is 2. The van der Waals surface area contributed by atoms with E-state index in [1.165, 1.54) is 25.7 Å². The highest BCUT2D eigenvalue weighted by molar-refractivity contribution is 5.83. The number of rotatable bonds is 4. The molecule has 5 fully saturated rings. The molecule has 0 aromatic rings. The van der Waals surface area contributed by atoms with Crippen LogP contribution in [-0.4, -0.2) is 39.9 Å². The minimum absolute atomic E-state index is 0.0805. The van der Waals surface area contributed by atoms with E-state index >= 15 is 0 Å². The molecule has 0 radical (unpaired) electrons. The Morgan fingerprint density at radius 1 is 1.00 bits per heavy atom. The number of Topliss-reactive ketones (excluding diaryl/α,β-unsaturated/α-hetero) is 1. The first kappa shape index (κ1) is 23.3. The van der Waals surface area contributed by atoms with Crippen LogP contribution in [0.15, 0.2) is 0 Å². The lowest BCUT2D eigenvalue weighted by atomic mass is 9.44. The monoisotopic (exact) mass is 446 g/mol. The van der Waals surface area contributed by atoms with Gasteiger partial charge < -0.3 is 14.9 Å². The molecular weight excluding hydrogens is 400 g/mol. The predicted molar refractivity (Wildman–Crippen MR) is 125 cm³/mol. The molecule has 4 aliphatic carbocycles. The fourth-order valence-corrected chi connectivity index (χ4v) is 9.52. The summed E-state index contributed by atoms with van der Waals surface area (Å²) in [6.45, 7) is 13.2. The van der Waals surface area contributed by atoms with Crippen molar-refractivity contribution in [3.63, 3.8) is 0 Å². The Bertz CT molecular complexity index is 757. The number of aliphatic hydroxyl groups excluding tert-OH is 1. The normalized spacial score (nSPS) is 52.6. The first-order chi connectivity index (χ1) is 14.9. The van der Waals surface area contributed by atoms with Crippen LogP contribution in [-0.2, 0) is 9.53 Å². The number of hydrogen-bond donors (Lipinski definition) is 2. The van der Waals surface area contributed by atoms with Crippen LogP contribution in [0.4, 0.5) is 0 Å². The Morgan fingerprint density at radius 3 is 2.34 bits per heavy atom. The highest BCUT2D eigenvalue weighted by Gasteiger charge is 2.64. The largest absolute Gasteiger partial charge is 0.393 e. The summed E-state index contributed by atoms with van der Waals surface area (Å²) in [7, 11) is 0. The van der Waals surface area contributed by atoms with Crippen molar-refractivity contribution in [2.75, 3.05) is 0 Å². The molecule has 1 saturated heterocycles. The SMILES string of the molecule is C[C@H]([C@H]1O[C@@H]1[C@H](C)C(C)(C)O)[C@H]1CC[C@H]2[C@@H]3CC(=O)[C@H]4C[C@@H](O)CC[C@]4(C)[C@H]3CC[C@]12C. The summed E-state index contributed by atoms with van der Waals surface area (Å²) in [5.74, 6) is 3.63. The number of carbonyl (C=O) groups is 1. The molecule has 4 heteroatoms. The van der Waals surface area contributed by atoms with Gasteiger partial charge in [0.2, 0.25) is 0 Å². The summed E-state index contributed by atoms with van der Waals surface area (Å²) in [4.78, 5) is 13.3. The van der Waals surface area contributed by atoms with Crippen LogP contribution < -0.4 is 0 Å². The first-order valence-electron chi connectivity index (χ1n) is 13.5. The fourth-order valence-electron chi connectivity index (χ4n) is 9.52. The van der Waals surface area contributed by atoms with Gasteiger partial charge in [-0.15, -0.1) is 0 Å². The Kier molecular flexibility index (Phi) is 5.48. The van der Waals surface area contributed by atoms with Gasteiger partial charge in [0, 0.05) is 18.3 Å². The van der Waals surface area contributed by atoms with Gasteiger partial charge in [0.25, 0.3) is 0 Å². The Labute approximate surface area is 194 Å². The Morgan fingerprint density at radius 2 is 1.66 bits per heavy atom. The summed E-state index contributed by atoms with van der Waals surface area (Å²) in [5.41, 5.74) is -0.314. The number of hydrogen-bond acceptors (Lipinski definition) is 4. The highest BCUT2D eigenvalue weighted by atomic mass is 16.6. The van der Waals surface area contributed by atoms with Crippen LogP contribution in [0.2, 0.25) is 0 Å². The van der Waals surface area contributed by atoms with E-state index in [0.29, 0.717) is 47.2 Å². The van der Waals surface area contributed by atoms with Gasteiger partial charge in [-0.2, -0.15) is 0 Å². The molecule has 4 saturated carbocycles. The molecule has 0 amide bonds. The van der Waals surface area contributed by atoms with Crippen LogP contribution in [0.3, 0.4) is 0 Å². The van der Waals surface area contributed by atoms with E-state index in [9.17, 15) is 15.0 Å². The number of ketones is 1. The summed E-state index contributed by atoms with van der Waals surface area (Å²) in [5, 5.41) is 20.7. The van der Waals surface area contributed by atoms with E-state index in [0.717, 1.165) is 19.3 Å². The van der Waals surface area contributed by atoms with Crippen LogP contribution in [0.1, 0.15) is 92.9 Å². The Balaban J connectivity index is 1.34. The quantitative estimate of drug-likeness (QED) is 0.597. The van der Waals surface area contributed by atoms with Crippen molar-refractivity contribution >= 4 is 5.78 Å². The van der Waals surface area contributed by atoms with Gasteiger partial charge in [0.1, 0.15) is 5.78 Å². The van der Waals surface area contributed by atoms with Gasteiger partial charge in [0.05, 0.1) is 23.9 Å². The molecule has 1 aliphatic heterocycles. The molecule has 0 unspecified atom stereocenters. The van der Waals surface area contributed by atoms with Crippen molar-refractivity contribution in [3.8, 4) is 0 Å². The van der Waals surface area contributed by atoms with Crippen LogP contribution in [0, 0.1) is 52.3 Å². The van der Waals surface area contributed by atoms with E-state index in [1.54, 1.807) is 0 Å². The lowest BCUT2D eigenvalue weighted by molar-refractivity contribution is -0.160. The van der Waals surface area contributed by atoms with Crippen molar-refractivity contribution in [1.29, 1.82) is 0 Å². The number of ether oxygens (including phenoxy) is 1. The smallest absolute Gasteiger partial charge is 0.136 e. The van der Waals surface area contributed by atoms with Crippen molar-refractivity contribution in [2.45, 2.75) is 117 Å². The average Bonchev–Trinajstić information content (AvgIpc) is 3.42. The summed E-state index contributed by atoms with van der Waals surface area (Å²) < 4.78 is 6.19. The zero-order valence-electron chi connectivity index (χ0n) is 21.1. The average molecular weight is 447 g/mol. The molecule has 5 aliphatic rings. The molecule has 182 valence electrons. The molecule has 0 spiro atoms. The second-order valence-corrected chi connectivity index (χ2v) is 13.6. The lowest BCUT2D eigenvalue weighted by Gasteiger charge is -2.60. The van der Waals surface area contributed by atoms with Gasteiger partial charge in [-0.1, -0.05) is 27.7 Å². The molecule has 4 nitrogen and oxygen atoms in total. The topological polar surface area (TPSA) is 70.1 Å². The Hall–Kier alpha value is -0.450. The van der Waals surface area contributed by atoms with Gasteiger partial charge in [-0.05, 0) is 99.2 Å². The van der Waals surface area contributed by atoms with Crippen molar-refractivity contribution < 1.29 is 19.7 Å². The van der Waals surface area contributed by atoms with E-state index in [4.69, 9.17) is 4.74 Å². The molecular formula is C28H46O4. The van der Waals surface area contributed by atoms with Crippen LogP contribution >= 0.6 is 0 Å². The van der Waals surface area contributed by atoms with Crippen LogP contribution in [0.25, 0.3) is 0 Å². The van der Waals surface area contributed by atoms with E-state index in [2.05, 4.69) is 27.7 Å². The summed E-state index contributed by atoms with van der Waals surface area (Å²) in [6.07, 6.45) is 8.50. The molecule has 12 atom stereocenters. The minimum atomic E-state index is -0.707. The van der Waals surface area contributed by atoms with Gasteiger partial charge in [-0.25, -0.2) is 0 Å². The molecule has 1 heterocycles. The summed E-state index contributed by atoms with van der Waals surface area (Å²) >= 11 is 0. The van der Waals surface area contributed by atoms with Crippen molar-refractivity contribution in [2.24, 2.45) is 52.3 Å². The lowest BCUT2D eigenvalue weighted by Crippen LogP contribution is -2.57. The molecule has 0 aromatic carbocycles. The van der Waals surface area contributed by atoms with Gasteiger partial charge in [-0.3, -0.25) is 4.79 Å². The van der Waals surface area contributed by atoms with E-state index < -0.39 is 5.60 Å². The van der Waals surface area contributed by atoms with Gasteiger partial charge >= 0.3 is 0 Å². The molecule has 2 N–H and O–H groups in total. The van der Waals surface area contributed by atoms with E-state index in [1.807, 2.05) is 13.8 Å². The second-order valence-electron chi connectivity index (χ2n) is 13.6. The molecule has 32 heavy (non-hydrogen) atoms. The van der Waals surface area contributed by atoms with E-state index in [-0.39, 0.29) is 35.6 Å². The zero-order chi connectivity index (χ0) is 23.2. The number of fused-ring (bicyclic) bond motifs is 5. The zero-order valence-corrected chi connectivity index (χ0v) is 21.1. The summed E-state index contributed by atoms with van der Waals surface area (Å²) in [6, 6.07) is 0. The second kappa shape index (κ2) is 7.52. The first-order valence-corrected chi connectivity index (χ1v) is 13.5. The van der Waals surface area contributed by atoms with Crippen molar-refractivity contribution in [3.05, 3.63) is 0 Å². The fraction of sp³-hybridized carbons (Fsp3) is 0.964. The molecule has 0 bridgehead atoms. The maximum Gasteiger partial charge on any atom is 0.136 e. The van der Waals surface area contributed by atoms with Crippen molar-refractivity contribution in [1.82, 2.24) is 0 Å².